The van der Waals surface area contributed by atoms with Crippen molar-refractivity contribution >= 4 is 23.0 Å². The summed E-state index contributed by atoms with van der Waals surface area (Å²) in [6.07, 6.45) is 2.07. The monoisotopic (exact) mass is 393 g/mol. The van der Waals surface area contributed by atoms with Gasteiger partial charge < -0.3 is 15.4 Å². The molecule has 0 radical (unpaired) electrons. The average Bonchev–Trinajstić information content (AvgIpc) is 3.14. The minimum absolute atomic E-state index is 0.354. The van der Waals surface area contributed by atoms with Crippen LogP contribution >= 0.6 is 0 Å². The molecular formula is C21H23N5O3. The number of ether oxygens (including phenoxy) is 1. The molecule has 8 nitrogen and oxygen atoms in total. The highest BCUT2D eigenvalue weighted by Gasteiger charge is 2.29. The molecule has 150 valence electrons. The lowest BCUT2D eigenvalue weighted by Crippen LogP contribution is -2.40. The minimum Gasteiger partial charge on any atom is -0.444 e. The van der Waals surface area contributed by atoms with E-state index in [2.05, 4.69) is 10.2 Å². The van der Waals surface area contributed by atoms with Gasteiger partial charge in [0.05, 0.1) is 18.4 Å². The number of nitrogens with two attached hydrogens (primary N) is 1. The number of carbonyl (C=O) groups is 2. The molecule has 4 rings (SSSR count). The van der Waals surface area contributed by atoms with Crippen LogP contribution in [0.15, 0.2) is 30.5 Å². The van der Waals surface area contributed by atoms with Crippen molar-refractivity contribution in [3.05, 3.63) is 47.2 Å². The van der Waals surface area contributed by atoms with Crippen LogP contribution in [0.3, 0.4) is 0 Å². The standard InChI is InChI=1S/C21H23N5O3/c1-21(2,3)29-20(28)26-8-7-14-15-10-23-25-19(15)24-17(16(14)11-26)12-5-4-6-13(9-12)18(22)27/h4-6,9-10H,7-8,11H2,1-3H3,(H2,22,27)(H,23,24,25). The van der Waals surface area contributed by atoms with E-state index in [1.54, 1.807) is 29.3 Å². The summed E-state index contributed by atoms with van der Waals surface area (Å²) in [5.41, 5.74) is 9.46. The Bertz CT molecular complexity index is 1110. The van der Waals surface area contributed by atoms with Crippen molar-refractivity contribution < 1.29 is 14.3 Å². The molecule has 0 saturated heterocycles. The second kappa shape index (κ2) is 6.88. The maximum Gasteiger partial charge on any atom is 0.410 e. The first-order valence-corrected chi connectivity index (χ1v) is 9.46. The van der Waals surface area contributed by atoms with E-state index in [1.165, 1.54) is 0 Å². The van der Waals surface area contributed by atoms with Gasteiger partial charge in [-0.25, -0.2) is 9.78 Å². The molecule has 0 fully saturated rings. The van der Waals surface area contributed by atoms with Gasteiger partial charge in [0.1, 0.15) is 5.60 Å². The molecule has 29 heavy (non-hydrogen) atoms. The third-order valence-corrected chi connectivity index (χ3v) is 4.87. The van der Waals surface area contributed by atoms with Gasteiger partial charge in [-0.1, -0.05) is 12.1 Å². The lowest BCUT2D eigenvalue weighted by molar-refractivity contribution is 0.0224. The minimum atomic E-state index is -0.567. The third kappa shape index (κ3) is 3.65. The van der Waals surface area contributed by atoms with Crippen LogP contribution in [0.2, 0.25) is 0 Å². The predicted molar refractivity (Wildman–Crippen MR) is 108 cm³/mol. The van der Waals surface area contributed by atoms with Gasteiger partial charge in [-0.2, -0.15) is 5.10 Å². The number of H-pyrrole nitrogens is 1. The Labute approximate surface area is 168 Å². The van der Waals surface area contributed by atoms with Gasteiger partial charge in [-0.3, -0.25) is 9.89 Å². The van der Waals surface area contributed by atoms with E-state index >= 15 is 0 Å². The van der Waals surface area contributed by atoms with Crippen molar-refractivity contribution in [2.75, 3.05) is 6.54 Å². The number of nitrogens with one attached hydrogen (secondary N) is 1. The Morgan fingerprint density at radius 2 is 2.03 bits per heavy atom. The van der Waals surface area contributed by atoms with Crippen molar-refractivity contribution in [2.45, 2.75) is 39.3 Å². The van der Waals surface area contributed by atoms with E-state index in [-0.39, 0.29) is 6.09 Å². The van der Waals surface area contributed by atoms with Crippen molar-refractivity contribution in [3.8, 4) is 11.3 Å². The summed E-state index contributed by atoms with van der Waals surface area (Å²) in [6, 6.07) is 7.04. The molecule has 0 spiro atoms. The maximum absolute atomic E-state index is 12.6. The number of primary amides is 1. The first kappa shape index (κ1) is 18.9. The number of nitrogens with zero attached hydrogens (tertiary/aromatic N) is 3. The van der Waals surface area contributed by atoms with Crippen molar-refractivity contribution in [3.63, 3.8) is 0 Å². The Balaban J connectivity index is 1.81. The van der Waals surface area contributed by atoms with Crippen LogP contribution in [0, 0.1) is 0 Å². The molecule has 0 aliphatic carbocycles. The van der Waals surface area contributed by atoms with E-state index in [0.717, 1.165) is 22.1 Å². The van der Waals surface area contributed by atoms with Crippen LogP contribution in [-0.2, 0) is 17.7 Å². The lowest BCUT2D eigenvalue weighted by Gasteiger charge is -2.32. The molecule has 3 heterocycles. The number of hydrogen-bond acceptors (Lipinski definition) is 5. The van der Waals surface area contributed by atoms with Crippen LogP contribution in [0.5, 0.6) is 0 Å². The van der Waals surface area contributed by atoms with E-state index in [4.69, 9.17) is 15.5 Å². The summed E-state index contributed by atoms with van der Waals surface area (Å²) in [7, 11) is 0. The highest BCUT2D eigenvalue weighted by molar-refractivity contribution is 5.94. The Morgan fingerprint density at radius 3 is 2.76 bits per heavy atom. The fourth-order valence-electron chi connectivity index (χ4n) is 3.58. The normalized spacial score (nSPS) is 14.0. The van der Waals surface area contributed by atoms with Gasteiger partial charge in [0, 0.05) is 28.6 Å². The molecule has 0 unspecified atom stereocenters. The van der Waals surface area contributed by atoms with Crippen molar-refractivity contribution in [1.82, 2.24) is 20.1 Å². The molecule has 2 aromatic heterocycles. The van der Waals surface area contributed by atoms with Crippen LogP contribution in [0.1, 0.15) is 42.3 Å². The molecule has 1 aliphatic rings. The molecule has 3 aromatic rings. The number of rotatable bonds is 2. The first-order chi connectivity index (χ1) is 13.7. The molecule has 0 saturated carbocycles. The van der Waals surface area contributed by atoms with Crippen LogP contribution in [0.25, 0.3) is 22.3 Å². The van der Waals surface area contributed by atoms with Gasteiger partial charge in [-0.05, 0) is 44.9 Å². The number of pyridine rings is 1. The summed E-state index contributed by atoms with van der Waals surface area (Å²) in [5, 5.41) is 7.99. The van der Waals surface area contributed by atoms with Crippen molar-refractivity contribution in [1.29, 1.82) is 0 Å². The summed E-state index contributed by atoms with van der Waals surface area (Å²) in [4.78, 5) is 30.7. The second-order valence-electron chi connectivity index (χ2n) is 8.15. The number of amides is 2. The molecule has 1 aromatic carbocycles. The lowest BCUT2D eigenvalue weighted by atomic mass is 9.93. The molecule has 0 bridgehead atoms. The fraction of sp³-hybridized carbons (Fsp3) is 0.333. The van der Waals surface area contributed by atoms with E-state index in [0.29, 0.717) is 36.4 Å². The smallest absolute Gasteiger partial charge is 0.410 e. The third-order valence-electron chi connectivity index (χ3n) is 4.87. The number of carbonyl (C=O) groups excluding carboxylic acids is 2. The summed E-state index contributed by atoms with van der Waals surface area (Å²) < 4.78 is 5.55. The highest BCUT2D eigenvalue weighted by atomic mass is 16.6. The van der Waals surface area contributed by atoms with Crippen LogP contribution in [0.4, 0.5) is 4.79 Å². The number of fused-ring (bicyclic) bond motifs is 3. The number of aromatic nitrogens is 3. The van der Waals surface area contributed by atoms with Gasteiger partial charge in [0.25, 0.3) is 0 Å². The Hall–Kier alpha value is -3.42. The second-order valence-corrected chi connectivity index (χ2v) is 8.15. The van der Waals surface area contributed by atoms with Gasteiger partial charge in [-0.15, -0.1) is 0 Å². The molecule has 3 N–H and O–H groups in total. The van der Waals surface area contributed by atoms with E-state index in [1.807, 2.05) is 26.8 Å². The van der Waals surface area contributed by atoms with E-state index < -0.39 is 11.5 Å². The summed E-state index contributed by atoms with van der Waals surface area (Å²) in [6.45, 7) is 6.46. The van der Waals surface area contributed by atoms with Crippen LogP contribution in [-0.4, -0.2) is 44.2 Å². The maximum atomic E-state index is 12.6. The average molecular weight is 393 g/mol. The quantitative estimate of drug-likeness (QED) is 0.695. The zero-order chi connectivity index (χ0) is 20.8. The van der Waals surface area contributed by atoms with Gasteiger partial charge >= 0.3 is 6.09 Å². The largest absolute Gasteiger partial charge is 0.444 e. The van der Waals surface area contributed by atoms with Crippen molar-refractivity contribution in [2.24, 2.45) is 5.73 Å². The molecule has 8 heteroatoms. The predicted octanol–water partition coefficient (Wildman–Crippen LogP) is 3.02. The zero-order valence-electron chi connectivity index (χ0n) is 16.7. The Kier molecular flexibility index (Phi) is 4.49. The first-order valence-electron chi connectivity index (χ1n) is 9.46. The summed E-state index contributed by atoms with van der Waals surface area (Å²) in [5.74, 6) is -0.501. The molecule has 2 amide bonds. The number of benzene rings is 1. The van der Waals surface area contributed by atoms with Gasteiger partial charge in [0.2, 0.25) is 5.91 Å². The molecular weight excluding hydrogens is 370 g/mol. The zero-order valence-corrected chi connectivity index (χ0v) is 16.7. The number of aromatic amines is 1. The Morgan fingerprint density at radius 1 is 1.24 bits per heavy atom. The molecule has 0 atom stereocenters. The van der Waals surface area contributed by atoms with E-state index in [9.17, 15) is 9.59 Å². The number of hydrogen-bond donors (Lipinski definition) is 2. The van der Waals surface area contributed by atoms with Crippen LogP contribution < -0.4 is 5.73 Å². The highest BCUT2D eigenvalue weighted by Crippen LogP contribution is 2.34. The topological polar surface area (TPSA) is 114 Å². The summed E-state index contributed by atoms with van der Waals surface area (Å²) >= 11 is 0. The fourth-order valence-corrected chi connectivity index (χ4v) is 3.58. The van der Waals surface area contributed by atoms with Gasteiger partial charge in [0.15, 0.2) is 5.65 Å². The SMILES string of the molecule is CC(C)(C)OC(=O)N1CCc2c(c(-c3cccc(C(N)=O)c3)nc3[nH]ncc23)C1. The molecule has 1 aliphatic heterocycles.